The summed E-state index contributed by atoms with van der Waals surface area (Å²) in [5.41, 5.74) is 6.81. The zero-order chi connectivity index (χ0) is 21.6. The number of aromatic nitrogens is 1. The molecule has 0 saturated carbocycles. The van der Waals surface area contributed by atoms with E-state index < -0.39 is 5.91 Å². The molecule has 1 amide bonds. The number of aryl methyl sites for hydroxylation is 3. The van der Waals surface area contributed by atoms with Gasteiger partial charge in [0.2, 0.25) is 5.17 Å². The van der Waals surface area contributed by atoms with Gasteiger partial charge in [0.1, 0.15) is 0 Å². The van der Waals surface area contributed by atoms with Crippen LogP contribution >= 0.6 is 23.5 Å². The number of nitrogens with one attached hydrogen (secondary N) is 1. The maximum Gasteiger partial charge on any atom is 0.283 e. The number of hydrogen-bond donors (Lipinski definition) is 1. The molecule has 2 aliphatic heterocycles. The third-order valence-corrected chi connectivity index (χ3v) is 7.15. The Morgan fingerprint density at radius 1 is 1.17 bits per heavy atom. The summed E-state index contributed by atoms with van der Waals surface area (Å²) in [5, 5.41) is 14.9. The second-order valence-electron chi connectivity index (χ2n) is 7.25. The van der Waals surface area contributed by atoms with Crippen LogP contribution in [0.4, 0.5) is 0 Å². The molecule has 30 heavy (non-hydrogen) atoms. The van der Waals surface area contributed by atoms with E-state index in [1.165, 1.54) is 27.9 Å². The molecule has 1 aromatic heterocycles. The molecule has 1 aromatic carbocycles. The lowest BCUT2D eigenvalue weighted by atomic mass is 10.1. The molecule has 2 aromatic rings. The summed E-state index contributed by atoms with van der Waals surface area (Å²) in [7, 11) is 0. The molecule has 4 rings (SSSR count). The first kappa shape index (κ1) is 20.7. The lowest BCUT2D eigenvalue weighted by Gasteiger charge is -2.20. The topological polar surface area (TPSA) is 73.8 Å². The van der Waals surface area contributed by atoms with Gasteiger partial charge in [-0.05, 0) is 86.2 Å². The van der Waals surface area contributed by atoms with Gasteiger partial charge in [-0.3, -0.25) is 10.2 Å². The number of hydrogen-bond acceptors (Lipinski definition) is 5. The molecule has 0 atom stereocenters. The first-order chi connectivity index (χ1) is 14.3. The summed E-state index contributed by atoms with van der Waals surface area (Å²) in [6, 6.07) is 8.43. The van der Waals surface area contributed by atoms with Crippen molar-refractivity contribution < 1.29 is 4.79 Å². The monoisotopic (exact) mass is 437 g/mol. The molecule has 154 valence electrons. The number of fused-ring (bicyclic) bond motifs is 1. The first-order valence-electron chi connectivity index (χ1n) is 9.69. The van der Waals surface area contributed by atoms with Crippen molar-refractivity contribution in [2.75, 3.05) is 5.75 Å². The van der Waals surface area contributed by atoms with Gasteiger partial charge in [0, 0.05) is 17.1 Å². The van der Waals surface area contributed by atoms with E-state index in [0.29, 0.717) is 5.17 Å². The van der Waals surface area contributed by atoms with E-state index in [2.05, 4.69) is 46.7 Å². The number of carbonyl (C=O) groups excluding carboxylic acids is 1. The van der Waals surface area contributed by atoms with Gasteiger partial charge in [-0.2, -0.15) is 10.0 Å². The Morgan fingerprint density at radius 2 is 1.93 bits per heavy atom. The van der Waals surface area contributed by atoms with Crippen molar-refractivity contribution in [2.45, 2.75) is 34.6 Å². The maximum absolute atomic E-state index is 12.7. The third kappa shape index (κ3) is 3.54. The fourth-order valence-electron chi connectivity index (χ4n) is 3.51. The van der Waals surface area contributed by atoms with Crippen LogP contribution in [0.5, 0.6) is 0 Å². The van der Waals surface area contributed by atoms with Crippen LogP contribution in [0.3, 0.4) is 0 Å². The molecule has 0 fully saturated rings. The van der Waals surface area contributed by atoms with Gasteiger partial charge in [-0.25, -0.2) is 0 Å². The van der Waals surface area contributed by atoms with E-state index in [9.17, 15) is 4.79 Å². The van der Waals surface area contributed by atoms with Crippen LogP contribution in [-0.4, -0.2) is 36.6 Å². The van der Waals surface area contributed by atoms with Crippen molar-refractivity contribution in [3.8, 4) is 5.69 Å². The van der Waals surface area contributed by atoms with Gasteiger partial charge in [-0.15, -0.1) is 5.10 Å². The fraction of sp³-hybridized carbons (Fsp3) is 0.273. The zero-order valence-corrected chi connectivity index (χ0v) is 19.2. The first-order valence-corrected chi connectivity index (χ1v) is 11.5. The SMILES string of the molecule is CCSC1=NN2C(=N)C(=Cc3cc(C)n(-c4ccc(C)c(C)c4)c3C)C(=O)N=C2S1. The summed E-state index contributed by atoms with van der Waals surface area (Å²) >= 11 is 2.92. The van der Waals surface area contributed by atoms with Gasteiger partial charge < -0.3 is 4.57 Å². The second-order valence-corrected chi connectivity index (χ2v) is 9.72. The highest BCUT2D eigenvalue weighted by Gasteiger charge is 2.35. The van der Waals surface area contributed by atoms with Crippen molar-refractivity contribution in [3.63, 3.8) is 0 Å². The lowest BCUT2D eigenvalue weighted by Crippen LogP contribution is -2.35. The van der Waals surface area contributed by atoms with E-state index in [1.54, 1.807) is 17.8 Å². The number of hydrazone groups is 1. The average molecular weight is 438 g/mol. The van der Waals surface area contributed by atoms with E-state index in [0.717, 1.165) is 32.8 Å². The fourth-order valence-corrected chi connectivity index (χ4v) is 5.33. The van der Waals surface area contributed by atoms with E-state index in [4.69, 9.17) is 5.41 Å². The summed E-state index contributed by atoms with van der Waals surface area (Å²) < 4.78 is 2.98. The van der Waals surface area contributed by atoms with Crippen molar-refractivity contribution in [3.05, 3.63) is 57.9 Å². The molecule has 0 unspecified atom stereocenters. The largest absolute Gasteiger partial charge is 0.318 e. The Labute approximate surface area is 184 Å². The molecule has 0 bridgehead atoms. The van der Waals surface area contributed by atoms with Crippen LogP contribution in [-0.2, 0) is 4.79 Å². The highest BCUT2D eigenvalue weighted by Crippen LogP contribution is 2.33. The molecule has 0 aliphatic carbocycles. The molecule has 8 heteroatoms. The van der Waals surface area contributed by atoms with E-state index >= 15 is 0 Å². The Balaban J connectivity index is 1.73. The van der Waals surface area contributed by atoms with Crippen LogP contribution < -0.4 is 0 Å². The van der Waals surface area contributed by atoms with Gasteiger partial charge in [-0.1, -0.05) is 24.8 Å². The summed E-state index contributed by atoms with van der Waals surface area (Å²) in [6.45, 7) is 10.3. The number of thioether (sulfide) groups is 2. The van der Waals surface area contributed by atoms with Gasteiger partial charge >= 0.3 is 0 Å². The van der Waals surface area contributed by atoms with Crippen LogP contribution in [0, 0.1) is 33.1 Å². The second kappa shape index (κ2) is 7.92. The Kier molecular flexibility index (Phi) is 5.46. The zero-order valence-electron chi connectivity index (χ0n) is 17.6. The number of amidine groups is 2. The lowest BCUT2D eigenvalue weighted by molar-refractivity contribution is -0.114. The molecular formula is C22H23N5OS2. The predicted octanol–water partition coefficient (Wildman–Crippen LogP) is 5.04. The highest BCUT2D eigenvalue weighted by molar-refractivity contribution is 8.45. The minimum atomic E-state index is -0.396. The molecular weight excluding hydrogens is 414 g/mol. The van der Waals surface area contributed by atoms with Crippen LogP contribution in [0.25, 0.3) is 11.8 Å². The Hall–Kier alpha value is -2.58. The minimum Gasteiger partial charge on any atom is -0.318 e. The van der Waals surface area contributed by atoms with Crippen LogP contribution in [0.2, 0.25) is 0 Å². The molecule has 0 saturated heterocycles. The number of carbonyl (C=O) groups is 1. The predicted molar refractivity (Wildman–Crippen MR) is 128 cm³/mol. The molecule has 2 aliphatic rings. The van der Waals surface area contributed by atoms with Crippen molar-refractivity contribution in [1.29, 1.82) is 5.41 Å². The normalized spacial score (nSPS) is 17.5. The summed E-state index contributed by atoms with van der Waals surface area (Å²) in [4.78, 5) is 16.8. The van der Waals surface area contributed by atoms with Crippen molar-refractivity contribution >= 4 is 50.9 Å². The van der Waals surface area contributed by atoms with E-state index in [1.807, 2.05) is 26.8 Å². The molecule has 0 spiro atoms. The van der Waals surface area contributed by atoms with Gasteiger partial charge in [0.15, 0.2) is 10.2 Å². The minimum absolute atomic E-state index is 0.0696. The number of benzene rings is 1. The smallest absolute Gasteiger partial charge is 0.283 e. The molecule has 1 N–H and O–H groups in total. The third-order valence-electron chi connectivity index (χ3n) is 5.22. The summed E-state index contributed by atoms with van der Waals surface area (Å²) in [5.74, 6) is 0.550. The standard InChI is InChI=1S/C22H23N5OS2/c1-6-29-22-25-27-19(23)18(20(28)24-21(27)30-22)11-16-10-14(4)26(15(16)5)17-8-7-12(2)13(3)9-17/h7-11,23H,6H2,1-5H3. The molecule has 6 nitrogen and oxygen atoms in total. The molecule has 0 radical (unpaired) electrons. The number of rotatable bonds is 3. The number of nitrogens with zero attached hydrogens (tertiary/aromatic N) is 4. The number of aliphatic imine (C=N–C) groups is 1. The number of amides is 1. The van der Waals surface area contributed by atoms with E-state index in [-0.39, 0.29) is 11.4 Å². The van der Waals surface area contributed by atoms with Crippen LogP contribution in [0.15, 0.2) is 39.9 Å². The van der Waals surface area contributed by atoms with Crippen molar-refractivity contribution in [1.82, 2.24) is 9.58 Å². The van der Waals surface area contributed by atoms with Crippen LogP contribution in [0.1, 0.15) is 35.0 Å². The molecule has 3 heterocycles. The van der Waals surface area contributed by atoms with Gasteiger partial charge in [0.05, 0.1) is 5.57 Å². The maximum atomic E-state index is 12.7. The average Bonchev–Trinajstić information content (AvgIpc) is 3.21. The Morgan fingerprint density at radius 3 is 2.63 bits per heavy atom. The van der Waals surface area contributed by atoms with Crippen molar-refractivity contribution in [2.24, 2.45) is 10.1 Å². The summed E-state index contributed by atoms with van der Waals surface area (Å²) in [6.07, 6.45) is 1.76. The van der Waals surface area contributed by atoms with Gasteiger partial charge in [0.25, 0.3) is 5.91 Å². The quantitative estimate of drug-likeness (QED) is 0.683. The Bertz CT molecular complexity index is 1170. The highest BCUT2D eigenvalue weighted by atomic mass is 32.2.